The van der Waals surface area contributed by atoms with Gasteiger partial charge in [-0.2, -0.15) is 0 Å². The highest BCUT2D eigenvalue weighted by Crippen LogP contribution is 2.33. The first-order valence-electron chi connectivity index (χ1n) is 8.11. The average Bonchev–Trinajstić information content (AvgIpc) is 3.01. The van der Waals surface area contributed by atoms with Gasteiger partial charge in [0.05, 0.1) is 19.8 Å². The highest BCUT2D eigenvalue weighted by Gasteiger charge is 2.36. The van der Waals surface area contributed by atoms with E-state index in [2.05, 4.69) is 4.90 Å². The number of rotatable bonds is 4. The molecule has 2 fully saturated rings. The summed E-state index contributed by atoms with van der Waals surface area (Å²) < 4.78 is 5.32. The second-order valence-corrected chi connectivity index (χ2v) is 6.72. The summed E-state index contributed by atoms with van der Waals surface area (Å²) in [5.74, 6) is 0.400. The van der Waals surface area contributed by atoms with Gasteiger partial charge in [-0.15, -0.1) is 0 Å². The SMILES string of the molecule is O=C(CN1CCOCC1)N1C[C@@H](CO)[C@H](c2ccc(Cl)cc2)C1. The summed E-state index contributed by atoms with van der Waals surface area (Å²) in [7, 11) is 0. The fourth-order valence-corrected chi connectivity index (χ4v) is 3.52. The Labute approximate surface area is 141 Å². The molecule has 2 saturated heterocycles. The lowest BCUT2D eigenvalue weighted by atomic mass is 9.90. The van der Waals surface area contributed by atoms with Gasteiger partial charge in [0.2, 0.25) is 5.91 Å². The Morgan fingerprint density at radius 1 is 1.22 bits per heavy atom. The van der Waals surface area contributed by atoms with Gasteiger partial charge >= 0.3 is 0 Å². The average molecular weight is 339 g/mol. The number of carbonyl (C=O) groups excluding carboxylic acids is 1. The van der Waals surface area contributed by atoms with Crippen LogP contribution >= 0.6 is 11.6 Å². The van der Waals surface area contributed by atoms with E-state index in [9.17, 15) is 9.90 Å². The van der Waals surface area contributed by atoms with Crippen LogP contribution in [0, 0.1) is 5.92 Å². The first-order chi connectivity index (χ1) is 11.2. The number of nitrogens with zero attached hydrogens (tertiary/aromatic N) is 2. The monoisotopic (exact) mass is 338 g/mol. The molecule has 23 heavy (non-hydrogen) atoms. The van der Waals surface area contributed by atoms with Crippen LogP contribution in [0.4, 0.5) is 0 Å². The summed E-state index contributed by atoms with van der Waals surface area (Å²) in [6, 6.07) is 7.71. The number of carbonyl (C=O) groups is 1. The van der Waals surface area contributed by atoms with Crippen molar-refractivity contribution >= 4 is 17.5 Å². The molecular formula is C17H23ClN2O3. The Bertz CT molecular complexity index is 531. The molecule has 1 amide bonds. The molecule has 0 saturated carbocycles. The van der Waals surface area contributed by atoms with E-state index >= 15 is 0 Å². The summed E-state index contributed by atoms with van der Waals surface area (Å²) in [6.07, 6.45) is 0. The Morgan fingerprint density at radius 3 is 2.57 bits per heavy atom. The first kappa shape index (κ1) is 16.7. The molecule has 2 aliphatic rings. The second kappa shape index (κ2) is 7.62. The number of aliphatic hydroxyl groups is 1. The molecule has 126 valence electrons. The van der Waals surface area contributed by atoms with Crippen LogP contribution in [0.5, 0.6) is 0 Å². The van der Waals surface area contributed by atoms with Crippen LogP contribution in [0.2, 0.25) is 5.02 Å². The first-order valence-corrected chi connectivity index (χ1v) is 8.49. The van der Waals surface area contributed by atoms with Crippen molar-refractivity contribution < 1.29 is 14.6 Å². The highest BCUT2D eigenvalue weighted by atomic mass is 35.5. The maximum atomic E-state index is 12.5. The number of hydrogen-bond donors (Lipinski definition) is 1. The molecule has 2 heterocycles. The zero-order valence-corrected chi connectivity index (χ0v) is 13.9. The van der Waals surface area contributed by atoms with Gasteiger partial charge in [0.15, 0.2) is 0 Å². The molecule has 2 atom stereocenters. The Morgan fingerprint density at radius 2 is 1.91 bits per heavy atom. The molecule has 3 rings (SSSR count). The van der Waals surface area contributed by atoms with Crippen molar-refractivity contribution in [1.29, 1.82) is 0 Å². The number of likely N-dealkylation sites (tertiary alicyclic amines) is 1. The molecule has 0 unspecified atom stereocenters. The summed E-state index contributed by atoms with van der Waals surface area (Å²) in [6.45, 7) is 4.82. The van der Waals surface area contributed by atoms with Crippen molar-refractivity contribution in [1.82, 2.24) is 9.80 Å². The van der Waals surface area contributed by atoms with Crippen molar-refractivity contribution in [3.8, 4) is 0 Å². The van der Waals surface area contributed by atoms with Crippen LogP contribution in [-0.4, -0.2) is 73.4 Å². The molecule has 0 aliphatic carbocycles. The van der Waals surface area contributed by atoms with Crippen LogP contribution in [0.1, 0.15) is 11.5 Å². The van der Waals surface area contributed by atoms with E-state index in [1.165, 1.54) is 0 Å². The van der Waals surface area contributed by atoms with Crippen LogP contribution in [0.25, 0.3) is 0 Å². The zero-order valence-electron chi connectivity index (χ0n) is 13.2. The molecule has 6 heteroatoms. The van der Waals surface area contributed by atoms with Crippen LogP contribution in [0.3, 0.4) is 0 Å². The quantitative estimate of drug-likeness (QED) is 0.896. The van der Waals surface area contributed by atoms with Crippen LogP contribution < -0.4 is 0 Å². The van der Waals surface area contributed by atoms with Gasteiger partial charge in [0.25, 0.3) is 0 Å². The van der Waals surface area contributed by atoms with Crippen molar-refractivity contribution in [2.24, 2.45) is 5.92 Å². The minimum atomic E-state index is 0.0878. The number of morpholine rings is 1. The Hall–Kier alpha value is -1.14. The minimum Gasteiger partial charge on any atom is -0.396 e. The Kier molecular flexibility index (Phi) is 5.54. The van der Waals surface area contributed by atoms with Crippen molar-refractivity contribution in [3.05, 3.63) is 34.9 Å². The molecular weight excluding hydrogens is 316 g/mol. The van der Waals surface area contributed by atoms with Gasteiger partial charge in [0, 0.05) is 49.6 Å². The van der Waals surface area contributed by atoms with Crippen molar-refractivity contribution in [2.45, 2.75) is 5.92 Å². The maximum Gasteiger partial charge on any atom is 0.236 e. The van der Waals surface area contributed by atoms with E-state index < -0.39 is 0 Å². The predicted molar refractivity (Wildman–Crippen MR) is 88.6 cm³/mol. The molecule has 0 radical (unpaired) electrons. The smallest absolute Gasteiger partial charge is 0.236 e. The highest BCUT2D eigenvalue weighted by molar-refractivity contribution is 6.30. The largest absolute Gasteiger partial charge is 0.396 e. The van der Waals surface area contributed by atoms with Gasteiger partial charge in [-0.1, -0.05) is 23.7 Å². The van der Waals surface area contributed by atoms with E-state index in [1.807, 2.05) is 29.2 Å². The van der Waals surface area contributed by atoms with E-state index in [-0.39, 0.29) is 24.3 Å². The minimum absolute atomic E-state index is 0.0878. The summed E-state index contributed by atoms with van der Waals surface area (Å²) >= 11 is 5.95. The maximum absolute atomic E-state index is 12.5. The number of ether oxygens (including phenoxy) is 1. The van der Waals surface area contributed by atoms with E-state index in [4.69, 9.17) is 16.3 Å². The van der Waals surface area contributed by atoms with Gasteiger partial charge in [-0.25, -0.2) is 0 Å². The summed E-state index contributed by atoms with van der Waals surface area (Å²) in [5.41, 5.74) is 1.13. The van der Waals surface area contributed by atoms with Gasteiger partial charge < -0.3 is 14.7 Å². The molecule has 0 spiro atoms. The predicted octanol–water partition coefficient (Wildman–Crippen LogP) is 1.21. The Balaban J connectivity index is 1.63. The third-order valence-electron chi connectivity index (χ3n) is 4.79. The lowest BCUT2D eigenvalue weighted by molar-refractivity contribution is -0.132. The van der Waals surface area contributed by atoms with Crippen LogP contribution in [0.15, 0.2) is 24.3 Å². The fraction of sp³-hybridized carbons (Fsp3) is 0.588. The molecule has 5 nitrogen and oxygen atoms in total. The fourth-order valence-electron chi connectivity index (χ4n) is 3.40. The number of halogens is 1. The third-order valence-corrected chi connectivity index (χ3v) is 5.04. The van der Waals surface area contributed by atoms with E-state index in [0.717, 1.165) is 18.7 Å². The number of benzene rings is 1. The summed E-state index contributed by atoms with van der Waals surface area (Å²) in [4.78, 5) is 16.6. The van der Waals surface area contributed by atoms with Crippen molar-refractivity contribution in [3.63, 3.8) is 0 Å². The molecule has 1 N–H and O–H groups in total. The number of aliphatic hydroxyl groups excluding tert-OH is 1. The lowest BCUT2D eigenvalue weighted by Crippen LogP contribution is -2.44. The number of hydrogen-bond acceptors (Lipinski definition) is 4. The standard InChI is InChI=1S/C17H23ClN2O3/c18-15-3-1-13(2-4-15)16-10-20(9-14(16)12-21)17(22)11-19-5-7-23-8-6-19/h1-4,14,16,21H,5-12H2/t14-,16-/m0/s1. The molecule has 2 aliphatic heterocycles. The molecule has 1 aromatic rings. The normalized spacial score (nSPS) is 25.7. The molecule has 0 bridgehead atoms. The number of amides is 1. The van der Waals surface area contributed by atoms with Gasteiger partial charge in [-0.05, 0) is 17.7 Å². The summed E-state index contributed by atoms with van der Waals surface area (Å²) in [5, 5.41) is 10.4. The topological polar surface area (TPSA) is 53.0 Å². The molecule has 1 aromatic carbocycles. The zero-order chi connectivity index (χ0) is 16.2. The second-order valence-electron chi connectivity index (χ2n) is 6.29. The van der Waals surface area contributed by atoms with Gasteiger partial charge in [0.1, 0.15) is 0 Å². The molecule has 0 aromatic heterocycles. The van der Waals surface area contributed by atoms with Crippen LogP contribution in [-0.2, 0) is 9.53 Å². The van der Waals surface area contributed by atoms with Gasteiger partial charge in [-0.3, -0.25) is 9.69 Å². The van der Waals surface area contributed by atoms with E-state index in [0.29, 0.717) is 37.9 Å². The van der Waals surface area contributed by atoms with Crippen molar-refractivity contribution in [2.75, 3.05) is 52.5 Å². The van der Waals surface area contributed by atoms with E-state index in [1.54, 1.807) is 0 Å². The third kappa shape index (κ3) is 4.04. The lowest BCUT2D eigenvalue weighted by Gasteiger charge is -2.28.